The fourth-order valence-electron chi connectivity index (χ4n) is 2.42. The monoisotopic (exact) mass is 367 g/mol. The number of nitrogens with one attached hydrogen (secondary N) is 3. The largest absolute Gasteiger partial charge is 0.331 e. The van der Waals surface area contributed by atoms with Gasteiger partial charge in [-0.3, -0.25) is 15.0 Å². The minimum Gasteiger partial charge on any atom is -0.331 e. The van der Waals surface area contributed by atoms with Gasteiger partial charge in [0.15, 0.2) is 5.11 Å². The molecule has 26 heavy (non-hydrogen) atoms. The maximum Gasteiger partial charge on any atom is 0.253 e. The number of thiocarbonyl (C=S) groups is 1. The van der Waals surface area contributed by atoms with Crippen LogP contribution in [0.3, 0.4) is 0 Å². The number of hydrazine groups is 1. The fraction of sp³-hybridized carbons (Fsp3) is 0.111. The summed E-state index contributed by atoms with van der Waals surface area (Å²) in [4.78, 5) is 27.4. The summed E-state index contributed by atoms with van der Waals surface area (Å²) in [5, 5.41) is 7.36. The zero-order valence-electron chi connectivity index (χ0n) is 14.0. The van der Waals surface area contributed by atoms with E-state index in [0.717, 1.165) is 11.4 Å². The van der Waals surface area contributed by atoms with E-state index < -0.39 is 0 Å². The molecule has 0 unspecified atom stereocenters. The van der Waals surface area contributed by atoms with Crippen LogP contribution in [0.4, 0.5) is 17.1 Å². The first kappa shape index (κ1) is 17.6. The molecule has 0 saturated carbocycles. The van der Waals surface area contributed by atoms with E-state index in [2.05, 4.69) is 21.1 Å². The summed E-state index contributed by atoms with van der Waals surface area (Å²) in [6.45, 7) is 1.45. The van der Waals surface area contributed by atoms with Gasteiger partial charge in [-0.25, -0.2) is 10.0 Å². The van der Waals surface area contributed by atoms with Crippen LogP contribution in [0.25, 0.3) is 0 Å². The maximum absolute atomic E-state index is 12.1. The number of amides is 2. The molecule has 0 atom stereocenters. The van der Waals surface area contributed by atoms with Crippen molar-refractivity contribution < 1.29 is 9.59 Å². The Morgan fingerprint density at radius 3 is 2.31 bits per heavy atom. The van der Waals surface area contributed by atoms with Gasteiger partial charge in [0.1, 0.15) is 5.84 Å². The average molecular weight is 367 g/mol. The number of carbonyl (C=O) groups excluding carboxylic acids is 2. The number of hydrogen-bond acceptors (Lipinski definition) is 3. The first-order chi connectivity index (χ1) is 12.5. The summed E-state index contributed by atoms with van der Waals surface area (Å²) in [5.74, 6) is 0.246. The zero-order valence-corrected chi connectivity index (χ0v) is 14.8. The third-order valence-corrected chi connectivity index (χ3v) is 3.71. The Kier molecular flexibility index (Phi) is 5.23. The predicted molar refractivity (Wildman–Crippen MR) is 106 cm³/mol. The van der Waals surface area contributed by atoms with Gasteiger partial charge in [-0.05, 0) is 48.6 Å². The quantitative estimate of drug-likeness (QED) is 0.726. The molecule has 1 aliphatic rings. The van der Waals surface area contributed by atoms with Crippen molar-refractivity contribution in [3.8, 4) is 0 Å². The van der Waals surface area contributed by atoms with Gasteiger partial charge >= 0.3 is 0 Å². The van der Waals surface area contributed by atoms with E-state index in [1.54, 1.807) is 24.3 Å². The summed E-state index contributed by atoms with van der Waals surface area (Å²) in [5.41, 5.74) is 5.14. The number of nitrogens with zero attached hydrogens (tertiary/aromatic N) is 2. The second-order valence-electron chi connectivity index (χ2n) is 5.60. The first-order valence-corrected chi connectivity index (χ1v) is 8.33. The second-order valence-corrected chi connectivity index (χ2v) is 5.99. The normalized spacial score (nSPS) is 14.9. The number of amidine groups is 1. The van der Waals surface area contributed by atoms with Crippen molar-refractivity contribution in [3.05, 3.63) is 54.6 Å². The molecule has 0 aromatic heterocycles. The SMILES string of the molecule is CC(=O)Nc1ccc(NC(=S)N=C2CC(=O)N(c3ccccc3)N2)cc1. The van der Waals surface area contributed by atoms with Crippen molar-refractivity contribution in [2.75, 3.05) is 15.6 Å². The van der Waals surface area contributed by atoms with Gasteiger partial charge in [0, 0.05) is 18.3 Å². The molecule has 2 amide bonds. The maximum atomic E-state index is 12.1. The summed E-state index contributed by atoms with van der Waals surface area (Å²) in [7, 11) is 0. The van der Waals surface area contributed by atoms with Crippen LogP contribution < -0.4 is 21.1 Å². The van der Waals surface area contributed by atoms with Crippen LogP contribution in [0.2, 0.25) is 0 Å². The Bertz CT molecular complexity index is 865. The lowest BCUT2D eigenvalue weighted by Gasteiger charge is -2.15. The van der Waals surface area contributed by atoms with E-state index >= 15 is 0 Å². The van der Waals surface area contributed by atoms with Crippen LogP contribution in [0.15, 0.2) is 59.6 Å². The van der Waals surface area contributed by atoms with Crippen molar-refractivity contribution in [3.63, 3.8) is 0 Å². The summed E-state index contributed by atoms with van der Waals surface area (Å²) < 4.78 is 0. The highest BCUT2D eigenvalue weighted by molar-refractivity contribution is 7.80. The summed E-state index contributed by atoms with van der Waals surface area (Å²) in [6, 6.07) is 16.3. The Hall–Kier alpha value is -3.26. The fourth-order valence-corrected chi connectivity index (χ4v) is 2.65. The lowest BCUT2D eigenvalue weighted by molar-refractivity contribution is -0.117. The molecule has 0 radical (unpaired) electrons. The molecule has 1 heterocycles. The predicted octanol–water partition coefficient (Wildman–Crippen LogP) is 2.68. The Labute approximate surface area is 156 Å². The van der Waals surface area contributed by atoms with Crippen LogP contribution in [0.1, 0.15) is 13.3 Å². The van der Waals surface area contributed by atoms with Crippen LogP contribution in [0.5, 0.6) is 0 Å². The van der Waals surface area contributed by atoms with Crippen molar-refractivity contribution in [1.29, 1.82) is 0 Å². The molecular weight excluding hydrogens is 350 g/mol. The number of para-hydroxylation sites is 1. The van der Waals surface area contributed by atoms with Crippen molar-refractivity contribution in [2.24, 2.45) is 4.99 Å². The summed E-state index contributed by atoms with van der Waals surface area (Å²) in [6.07, 6.45) is 0.151. The third kappa shape index (κ3) is 4.42. The number of carbonyl (C=O) groups is 2. The highest BCUT2D eigenvalue weighted by Gasteiger charge is 2.26. The molecule has 3 rings (SSSR count). The van der Waals surface area contributed by atoms with E-state index in [9.17, 15) is 9.59 Å². The molecule has 0 spiro atoms. The summed E-state index contributed by atoms with van der Waals surface area (Å²) >= 11 is 5.23. The topological polar surface area (TPSA) is 85.8 Å². The minimum absolute atomic E-state index is 0.0996. The average Bonchev–Trinajstić information content (AvgIpc) is 2.97. The molecule has 0 bridgehead atoms. The van der Waals surface area contributed by atoms with Gasteiger partial charge in [0.25, 0.3) is 5.91 Å². The molecule has 8 heteroatoms. The van der Waals surface area contributed by atoms with Gasteiger partial charge in [-0.1, -0.05) is 18.2 Å². The Balaban J connectivity index is 1.62. The molecule has 1 aliphatic heterocycles. The number of hydrogen-bond donors (Lipinski definition) is 3. The van der Waals surface area contributed by atoms with E-state index in [4.69, 9.17) is 12.2 Å². The van der Waals surface area contributed by atoms with Gasteiger partial charge in [-0.15, -0.1) is 0 Å². The number of rotatable bonds is 3. The minimum atomic E-state index is -0.132. The molecule has 0 aliphatic carbocycles. The second kappa shape index (κ2) is 7.75. The zero-order chi connectivity index (χ0) is 18.5. The van der Waals surface area contributed by atoms with Crippen molar-refractivity contribution >= 4 is 52.0 Å². The van der Waals surface area contributed by atoms with Crippen LogP contribution in [0, 0.1) is 0 Å². The lowest BCUT2D eigenvalue weighted by Crippen LogP contribution is -2.36. The standard InChI is InChI=1S/C18H17N5O2S/c1-12(24)19-13-7-9-14(10-8-13)20-18(26)21-16-11-17(25)23(22-16)15-5-3-2-4-6-15/h2-10H,11H2,1H3,(H,19,24)(H2,20,21,22,26). The molecule has 7 nitrogen and oxygen atoms in total. The van der Waals surface area contributed by atoms with Gasteiger partial charge < -0.3 is 10.6 Å². The Morgan fingerprint density at radius 2 is 1.69 bits per heavy atom. The van der Waals surface area contributed by atoms with E-state index in [0.29, 0.717) is 11.5 Å². The van der Waals surface area contributed by atoms with E-state index in [1.165, 1.54) is 11.9 Å². The Morgan fingerprint density at radius 1 is 1.08 bits per heavy atom. The number of benzene rings is 2. The molecule has 3 N–H and O–H groups in total. The van der Waals surface area contributed by atoms with E-state index in [1.807, 2.05) is 30.3 Å². The van der Waals surface area contributed by atoms with E-state index in [-0.39, 0.29) is 23.3 Å². The lowest BCUT2D eigenvalue weighted by atomic mass is 10.3. The van der Waals surface area contributed by atoms with Crippen molar-refractivity contribution in [1.82, 2.24) is 5.43 Å². The molecule has 2 aromatic carbocycles. The smallest absolute Gasteiger partial charge is 0.253 e. The molecular formula is C18H17N5O2S. The molecule has 132 valence electrons. The van der Waals surface area contributed by atoms with Gasteiger partial charge in [0.2, 0.25) is 5.91 Å². The van der Waals surface area contributed by atoms with Crippen LogP contribution in [-0.2, 0) is 9.59 Å². The number of aliphatic imine (C=N–C) groups is 1. The van der Waals surface area contributed by atoms with Crippen LogP contribution in [-0.4, -0.2) is 22.8 Å². The first-order valence-electron chi connectivity index (χ1n) is 7.92. The molecule has 1 fully saturated rings. The third-order valence-electron chi connectivity index (χ3n) is 3.52. The van der Waals surface area contributed by atoms with Gasteiger partial charge in [-0.2, -0.15) is 0 Å². The highest BCUT2D eigenvalue weighted by Crippen LogP contribution is 2.17. The van der Waals surface area contributed by atoms with Crippen molar-refractivity contribution in [2.45, 2.75) is 13.3 Å². The van der Waals surface area contributed by atoms with Crippen LogP contribution >= 0.6 is 12.2 Å². The highest BCUT2D eigenvalue weighted by atomic mass is 32.1. The molecule has 1 saturated heterocycles. The van der Waals surface area contributed by atoms with Gasteiger partial charge in [0.05, 0.1) is 12.1 Å². The number of anilines is 3. The molecule has 2 aromatic rings.